The van der Waals surface area contributed by atoms with E-state index < -0.39 is 0 Å². The van der Waals surface area contributed by atoms with Crippen molar-refractivity contribution in [2.75, 3.05) is 39.8 Å². The lowest BCUT2D eigenvalue weighted by atomic mass is 10.2. The van der Waals surface area contributed by atoms with E-state index in [0.717, 1.165) is 38.7 Å². The van der Waals surface area contributed by atoms with Gasteiger partial charge in [0.2, 0.25) is 0 Å². The third kappa shape index (κ3) is 4.24. The maximum atomic E-state index is 5.90. The van der Waals surface area contributed by atoms with E-state index >= 15 is 0 Å². The normalized spacial score (nSPS) is 25.1. The Bertz CT molecular complexity index is 380. The fourth-order valence-corrected chi connectivity index (χ4v) is 3.31. The molecule has 0 bridgehead atoms. The highest BCUT2D eigenvalue weighted by molar-refractivity contribution is 7.09. The zero-order chi connectivity index (χ0) is 13.1. The molecule has 2 fully saturated rings. The summed E-state index contributed by atoms with van der Waals surface area (Å²) in [5.41, 5.74) is 1.93. The lowest BCUT2D eigenvalue weighted by molar-refractivity contribution is -0.0371. The fourth-order valence-electron chi connectivity index (χ4n) is 2.68. The molecule has 4 nitrogen and oxygen atoms in total. The zero-order valence-electron chi connectivity index (χ0n) is 11.6. The van der Waals surface area contributed by atoms with Gasteiger partial charge in [-0.3, -0.25) is 9.88 Å². The maximum Gasteiger partial charge on any atom is 0.0829 e. The second-order valence-corrected chi connectivity index (χ2v) is 6.83. The van der Waals surface area contributed by atoms with Crippen LogP contribution in [0, 0.1) is 5.92 Å². The molecule has 5 heteroatoms. The summed E-state index contributed by atoms with van der Waals surface area (Å²) in [5.74, 6) is 0.925. The van der Waals surface area contributed by atoms with Gasteiger partial charge in [-0.2, -0.15) is 0 Å². The number of thiazole rings is 1. The monoisotopic (exact) mass is 281 g/mol. The molecule has 1 aromatic rings. The van der Waals surface area contributed by atoms with Gasteiger partial charge in [0.15, 0.2) is 0 Å². The molecular formula is C14H23N3OS. The molecular weight excluding hydrogens is 258 g/mol. The molecule has 3 rings (SSSR count). The zero-order valence-corrected chi connectivity index (χ0v) is 12.4. The smallest absolute Gasteiger partial charge is 0.0829 e. The van der Waals surface area contributed by atoms with Gasteiger partial charge in [-0.15, -0.1) is 11.3 Å². The third-order valence-corrected chi connectivity index (χ3v) is 4.64. The molecule has 106 valence electrons. The average Bonchev–Trinajstić information content (AvgIpc) is 3.03. The topological polar surface area (TPSA) is 28.6 Å². The number of nitrogens with zero attached hydrogens (tertiary/aromatic N) is 3. The van der Waals surface area contributed by atoms with Gasteiger partial charge in [0.1, 0.15) is 0 Å². The lowest BCUT2D eigenvalue weighted by Gasteiger charge is -2.33. The predicted octanol–water partition coefficient (Wildman–Crippen LogP) is 1.69. The average molecular weight is 281 g/mol. The highest BCUT2D eigenvalue weighted by Crippen LogP contribution is 2.30. The number of hydrogen-bond acceptors (Lipinski definition) is 5. The largest absolute Gasteiger partial charge is 0.374 e. The number of ether oxygens (including phenoxy) is 1. The molecule has 2 heterocycles. The SMILES string of the molecule is CN1CCO[C@H](CN(Cc2cncs2)CC2CC2)C1. The van der Waals surface area contributed by atoms with Gasteiger partial charge >= 0.3 is 0 Å². The molecule has 0 unspecified atom stereocenters. The van der Waals surface area contributed by atoms with E-state index in [4.69, 9.17) is 4.74 Å². The number of aromatic nitrogens is 1. The second-order valence-electron chi connectivity index (χ2n) is 5.86. The summed E-state index contributed by atoms with van der Waals surface area (Å²) in [7, 11) is 2.18. The summed E-state index contributed by atoms with van der Waals surface area (Å²) in [6.45, 7) is 6.31. The summed E-state index contributed by atoms with van der Waals surface area (Å²) in [6.07, 6.45) is 5.18. The van der Waals surface area contributed by atoms with Gasteiger partial charge in [0.05, 0.1) is 18.2 Å². The van der Waals surface area contributed by atoms with E-state index in [9.17, 15) is 0 Å². The van der Waals surface area contributed by atoms with Crippen molar-refractivity contribution in [2.24, 2.45) is 5.92 Å². The van der Waals surface area contributed by atoms with Crippen molar-refractivity contribution in [3.8, 4) is 0 Å². The minimum Gasteiger partial charge on any atom is -0.374 e. The van der Waals surface area contributed by atoms with Gasteiger partial charge in [0, 0.05) is 43.8 Å². The van der Waals surface area contributed by atoms with Crippen molar-refractivity contribution in [1.29, 1.82) is 0 Å². The molecule has 0 N–H and O–H groups in total. The summed E-state index contributed by atoms with van der Waals surface area (Å²) in [4.78, 5) is 10.5. The highest BCUT2D eigenvalue weighted by Gasteiger charge is 2.27. The van der Waals surface area contributed by atoms with Gasteiger partial charge < -0.3 is 9.64 Å². The molecule has 1 saturated carbocycles. The van der Waals surface area contributed by atoms with Crippen LogP contribution < -0.4 is 0 Å². The first kappa shape index (κ1) is 13.5. The minimum absolute atomic E-state index is 0.366. The van der Waals surface area contributed by atoms with E-state index in [-0.39, 0.29) is 0 Å². The van der Waals surface area contributed by atoms with Gasteiger partial charge in [-0.05, 0) is 25.8 Å². The van der Waals surface area contributed by atoms with Crippen LogP contribution in [-0.4, -0.2) is 60.7 Å². The van der Waals surface area contributed by atoms with Crippen LogP contribution in [0.4, 0.5) is 0 Å². The summed E-state index contributed by atoms with van der Waals surface area (Å²) in [6, 6.07) is 0. The van der Waals surface area contributed by atoms with Crippen LogP contribution in [0.2, 0.25) is 0 Å². The lowest BCUT2D eigenvalue weighted by Crippen LogP contribution is -2.46. The Kier molecular flexibility index (Phi) is 4.48. The van der Waals surface area contributed by atoms with Crippen LogP contribution in [0.3, 0.4) is 0 Å². The van der Waals surface area contributed by atoms with Crippen LogP contribution in [0.5, 0.6) is 0 Å². The summed E-state index contributed by atoms with van der Waals surface area (Å²) in [5, 5.41) is 0. The molecule has 0 spiro atoms. The Morgan fingerprint density at radius 3 is 3.05 bits per heavy atom. The standard InChI is InChI=1S/C14H23N3OS/c1-16-4-5-18-13(8-16)9-17(7-12-2-3-12)10-14-6-15-11-19-14/h6,11-13H,2-5,7-10H2,1H3/t13-/m0/s1. The molecule has 1 saturated heterocycles. The van der Waals surface area contributed by atoms with Crippen LogP contribution in [0.1, 0.15) is 17.7 Å². The number of likely N-dealkylation sites (N-methyl/N-ethyl adjacent to an activating group) is 1. The number of hydrogen-bond donors (Lipinski definition) is 0. The summed E-state index contributed by atoms with van der Waals surface area (Å²) < 4.78 is 5.90. The maximum absolute atomic E-state index is 5.90. The second kappa shape index (κ2) is 6.31. The van der Waals surface area contributed by atoms with E-state index in [0.29, 0.717) is 6.10 Å². The minimum atomic E-state index is 0.366. The Morgan fingerprint density at radius 2 is 2.37 bits per heavy atom. The van der Waals surface area contributed by atoms with Crippen LogP contribution in [-0.2, 0) is 11.3 Å². The molecule has 1 atom stereocenters. The first-order chi connectivity index (χ1) is 9.29. The van der Waals surface area contributed by atoms with E-state index in [1.165, 1.54) is 24.3 Å². The molecule has 1 aliphatic heterocycles. The summed E-state index contributed by atoms with van der Waals surface area (Å²) >= 11 is 1.76. The van der Waals surface area contributed by atoms with Crippen molar-refractivity contribution in [3.63, 3.8) is 0 Å². The van der Waals surface area contributed by atoms with Crippen molar-refractivity contribution in [1.82, 2.24) is 14.8 Å². The van der Waals surface area contributed by atoms with Crippen molar-refractivity contribution in [2.45, 2.75) is 25.5 Å². The van der Waals surface area contributed by atoms with E-state index in [1.807, 2.05) is 11.7 Å². The fraction of sp³-hybridized carbons (Fsp3) is 0.786. The van der Waals surface area contributed by atoms with Crippen molar-refractivity contribution in [3.05, 3.63) is 16.6 Å². The van der Waals surface area contributed by atoms with E-state index in [2.05, 4.69) is 21.8 Å². The van der Waals surface area contributed by atoms with Gasteiger partial charge in [-0.1, -0.05) is 0 Å². The molecule has 0 amide bonds. The first-order valence-corrected chi connectivity index (χ1v) is 8.07. The third-order valence-electron chi connectivity index (χ3n) is 3.88. The van der Waals surface area contributed by atoms with Crippen LogP contribution in [0.15, 0.2) is 11.7 Å². The van der Waals surface area contributed by atoms with Crippen LogP contribution in [0.25, 0.3) is 0 Å². The van der Waals surface area contributed by atoms with Gasteiger partial charge in [0.25, 0.3) is 0 Å². The quantitative estimate of drug-likeness (QED) is 0.793. The molecule has 0 aromatic carbocycles. The highest BCUT2D eigenvalue weighted by atomic mass is 32.1. The van der Waals surface area contributed by atoms with E-state index in [1.54, 1.807) is 11.3 Å². The molecule has 1 aromatic heterocycles. The van der Waals surface area contributed by atoms with Crippen LogP contribution >= 0.6 is 11.3 Å². The Labute approximate surface area is 119 Å². The Hall–Kier alpha value is -0.490. The predicted molar refractivity (Wildman–Crippen MR) is 77.4 cm³/mol. The molecule has 2 aliphatic rings. The van der Waals surface area contributed by atoms with Crippen molar-refractivity contribution >= 4 is 11.3 Å². The van der Waals surface area contributed by atoms with Crippen molar-refractivity contribution < 1.29 is 4.74 Å². The molecule has 0 radical (unpaired) electrons. The molecule has 1 aliphatic carbocycles. The first-order valence-electron chi connectivity index (χ1n) is 7.19. The number of morpholine rings is 1. The van der Waals surface area contributed by atoms with Gasteiger partial charge in [-0.25, -0.2) is 0 Å². The number of rotatable bonds is 6. The Balaban J connectivity index is 1.55. The molecule has 19 heavy (non-hydrogen) atoms. The Morgan fingerprint density at radius 1 is 1.47 bits per heavy atom.